The maximum absolute atomic E-state index is 10.9. The molecule has 1 unspecified atom stereocenters. The Balaban J connectivity index is 2.06. The molecule has 0 radical (unpaired) electrons. The SMILES string of the molecule is Cc1cccc2c1nc(SCC(=O)O)n2C(C)C1CCC1. The van der Waals surface area contributed by atoms with E-state index in [2.05, 4.69) is 36.6 Å². The average molecular weight is 304 g/mol. The molecular weight excluding hydrogens is 284 g/mol. The molecule has 1 saturated carbocycles. The summed E-state index contributed by atoms with van der Waals surface area (Å²) in [6, 6.07) is 6.57. The summed E-state index contributed by atoms with van der Waals surface area (Å²) >= 11 is 1.32. The van der Waals surface area contributed by atoms with E-state index in [0.29, 0.717) is 12.0 Å². The van der Waals surface area contributed by atoms with Crippen LogP contribution < -0.4 is 0 Å². The highest BCUT2D eigenvalue weighted by atomic mass is 32.2. The third kappa shape index (κ3) is 2.67. The number of thioether (sulfide) groups is 1. The fourth-order valence-electron chi connectivity index (χ4n) is 2.99. The summed E-state index contributed by atoms with van der Waals surface area (Å²) in [5, 5.41) is 9.78. The number of rotatable bonds is 5. The summed E-state index contributed by atoms with van der Waals surface area (Å²) in [5.74, 6) is -0.0570. The van der Waals surface area contributed by atoms with Crippen LogP contribution in [0.1, 0.15) is 37.8 Å². The van der Waals surface area contributed by atoms with Crippen LogP contribution in [0.2, 0.25) is 0 Å². The maximum atomic E-state index is 10.9. The Morgan fingerprint density at radius 1 is 1.52 bits per heavy atom. The number of carbonyl (C=O) groups is 1. The van der Waals surface area contributed by atoms with Gasteiger partial charge in [0, 0.05) is 6.04 Å². The van der Waals surface area contributed by atoms with Crippen LogP contribution in [0.4, 0.5) is 0 Å². The van der Waals surface area contributed by atoms with Gasteiger partial charge in [0.15, 0.2) is 5.16 Å². The number of aryl methyl sites for hydroxylation is 1. The molecule has 1 N–H and O–H groups in total. The highest BCUT2D eigenvalue weighted by Gasteiger charge is 2.28. The Morgan fingerprint density at radius 2 is 2.29 bits per heavy atom. The first-order valence-electron chi connectivity index (χ1n) is 7.40. The van der Waals surface area contributed by atoms with Crippen molar-refractivity contribution < 1.29 is 9.90 Å². The minimum absolute atomic E-state index is 0.0553. The third-order valence-corrected chi connectivity index (χ3v) is 5.39. The molecule has 0 amide bonds. The van der Waals surface area contributed by atoms with E-state index in [4.69, 9.17) is 10.1 Å². The number of para-hydroxylation sites is 1. The topological polar surface area (TPSA) is 55.1 Å². The normalized spacial score (nSPS) is 16.9. The Bertz CT molecular complexity index is 676. The lowest BCUT2D eigenvalue weighted by Crippen LogP contribution is -2.23. The van der Waals surface area contributed by atoms with Crippen molar-refractivity contribution in [2.45, 2.75) is 44.3 Å². The molecule has 21 heavy (non-hydrogen) atoms. The summed E-state index contributed by atoms with van der Waals surface area (Å²) in [6.45, 7) is 4.29. The maximum Gasteiger partial charge on any atom is 0.313 e. The van der Waals surface area contributed by atoms with Crippen LogP contribution >= 0.6 is 11.8 Å². The standard InChI is InChI=1S/C16H20N2O2S/c1-10-5-3-8-13-15(10)17-16(21-9-14(19)20)18(13)11(2)12-6-4-7-12/h3,5,8,11-12H,4,6-7,9H2,1-2H3,(H,19,20). The molecule has 1 fully saturated rings. The molecule has 0 aliphatic heterocycles. The zero-order valence-corrected chi connectivity index (χ0v) is 13.2. The molecule has 1 aromatic heterocycles. The fourth-order valence-corrected chi connectivity index (χ4v) is 3.80. The number of hydrogen-bond donors (Lipinski definition) is 1. The van der Waals surface area contributed by atoms with Crippen LogP contribution in [0.3, 0.4) is 0 Å². The van der Waals surface area contributed by atoms with Gasteiger partial charge in [-0.05, 0) is 44.2 Å². The molecule has 1 aliphatic carbocycles. The number of hydrogen-bond acceptors (Lipinski definition) is 3. The molecular formula is C16H20N2O2S. The number of nitrogens with zero attached hydrogens (tertiary/aromatic N) is 2. The van der Waals surface area contributed by atoms with E-state index in [1.54, 1.807) is 0 Å². The smallest absolute Gasteiger partial charge is 0.313 e. The molecule has 1 atom stereocenters. The summed E-state index contributed by atoms with van der Waals surface area (Å²) in [6.07, 6.45) is 3.82. The number of benzene rings is 1. The minimum atomic E-state index is -0.799. The van der Waals surface area contributed by atoms with Crippen molar-refractivity contribution >= 4 is 28.8 Å². The average Bonchev–Trinajstić information content (AvgIpc) is 2.74. The van der Waals surface area contributed by atoms with Crippen molar-refractivity contribution in [2.24, 2.45) is 5.92 Å². The number of carboxylic acid groups (broad SMARTS) is 1. The molecule has 5 heteroatoms. The van der Waals surface area contributed by atoms with Crippen molar-refractivity contribution in [3.05, 3.63) is 23.8 Å². The number of aliphatic carboxylic acids is 1. The monoisotopic (exact) mass is 304 g/mol. The van der Waals surface area contributed by atoms with Crippen LogP contribution in [0.25, 0.3) is 11.0 Å². The summed E-state index contributed by atoms with van der Waals surface area (Å²) < 4.78 is 2.25. The summed E-state index contributed by atoms with van der Waals surface area (Å²) in [7, 11) is 0. The highest BCUT2D eigenvalue weighted by Crippen LogP contribution is 2.40. The Hall–Kier alpha value is -1.49. The van der Waals surface area contributed by atoms with Gasteiger partial charge in [0.2, 0.25) is 0 Å². The van der Waals surface area contributed by atoms with Gasteiger partial charge in [-0.15, -0.1) is 0 Å². The van der Waals surface area contributed by atoms with E-state index in [9.17, 15) is 4.79 Å². The first-order chi connectivity index (χ1) is 10.1. The zero-order valence-electron chi connectivity index (χ0n) is 12.4. The lowest BCUT2D eigenvalue weighted by atomic mass is 9.80. The molecule has 0 saturated heterocycles. The van der Waals surface area contributed by atoms with Gasteiger partial charge in [-0.3, -0.25) is 4.79 Å². The lowest BCUT2D eigenvalue weighted by Gasteiger charge is -2.33. The predicted molar refractivity (Wildman–Crippen MR) is 84.9 cm³/mol. The minimum Gasteiger partial charge on any atom is -0.481 e. The van der Waals surface area contributed by atoms with E-state index in [-0.39, 0.29) is 5.75 Å². The van der Waals surface area contributed by atoms with Gasteiger partial charge in [-0.1, -0.05) is 30.3 Å². The molecule has 4 nitrogen and oxygen atoms in total. The van der Waals surface area contributed by atoms with E-state index < -0.39 is 5.97 Å². The van der Waals surface area contributed by atoms with Gasteiger partial charge >= 0.3 is 5.97 Å². The molecule has 1 aromatic carbocycles. The molecule has 112 valence electrons. The molecule has 3 rings (SSSR count). The van der Waals surface area contributed by atoms with E-state index in [0.717, 1.165) is 21.8 Å². The van der Waals surface area contributed by atoms with Crippen LogP contribution in [-0.2, 0) is 4.79 Å². The van der Waals surface area contributed by atoms with Crippen LogP contribution in [0.5, 0.6) is 0 Å². The quantitative estimate of drug-likeness (QED) is 0.852. The number of aromatic nitrogens is 2. The summed E-state index contributed by atoms with van der Waals surface area (Å²) in [5.41, 5.74) is 3.27. The van der Waals surface area contributed by atoms with E-state index >= 15 is 0 Å². The Kier molecular flexibility index (Phi) is 3.93. The van der Waals surface area contributed by atoms with Gasteiger partial charge in [-0.25, -0.2) is 4.98 Å². The number of fused-ring (bicyclic) bond motifs is 1. The second kappa shape index (κ2) is 5.72. The summed E-state index contributed by atoms with van der Waals surface area (Å²) in [4.78, 5) is 15.6. The third-order valence-electron chi connectivity index (χ3n) is 4.45. The Morgan fingerprint density at radius 3 is 2.90 bits per heavy atom. The molecule has 2 aromatic rings. The van der Waals surface area contributed by atoms with Crippen molar-refractivity contribution in [3.63, 3.8) is 0 Å². The van der Waals surface area contributed by atoms with E-state index in [1.807, 2.05) is 0 Å². The van der Waals surface area contributed by atoms with Gasteiger partial charge in [-0.2, -0.15) is 0 Å². The van der Waals surface area contributed by atoms with Gasteiger partial charge in [0.25, 0.3) is 0 Å². The predicted octanol–water partition coefficient (Wildman–Crippen LogP) is 3.88. The molecule has 1 aliphatic rings. The van der Waals surface area contributed by atoms with Gasteiger partial charge in [0.05, 0.1) is 16.8 Å². The first kappa shape index (κ1) is 14.4. The van der Waals surface area contributed by atoms with Crippen molar-refractivity contribution in [2.75, 3.05) is 5.75 Å². The Labute approximate surface area is 128 Å². The van der Waals surface area contributed by atoms with Crippen molar-refractivity contribution in [1.82, 2.24) is 9.55 Å². The highest BCUT2D eigenvalue weighted by molar-refractivity contribution is 7.99. The van der Waals surface area contributed by atoms with E-state index in [1.165, 1.54) is 31.0 Å². The van der Waals surface area contributed by atoms with Gasteiger partial charge < -0.3 is 9.67 Å². The largest absolute Gasteiger partial charge is 0.481 e. The van der Waals surface area contributed by atoms with Crippen LogP contribution in [0.15, 0.2) is 23.4 Å². The second-order valence-corrected chi connectivity index (χ2v) is 6.76. The van der Waals surface area contributed by atoms with Crippen LogP contribution in [-0.4, -0.2) is 26.4 Å². The van der Waals surface area contributed by atoms with Crippen molar-refractivity contribution in [3.8, 4) is 0 Å². The van der Waals surface area contributed by atoms with Crippen LogP contribution in [0, 0.1) is 12.8 Å². The lowest BCUT2D eigenvalue weighted by molar-refractivity contribution is -0.133. The molecule has 0 spiro atoms. The van der Waals surface area contributed by atoms with Gasteiger partial charge in [0.1, 0.15) is 0 Å². The second-order valence-electron chi connectivity index (χ2n) is 5.82. The molecule has 0 bridgehead atoms. The fraction of sp³-hybridized carbons (Fsp3) is 0.500. The molecule has 1 heterocycles. The zero-order chi connectivity index (χ0) is 15.0. The number of carboxylic acids is 1. The number of imidazole rings is 1. The van der Waals surface area contributed by atoms with Crippen molar-refractivity contribution in [1.29, 1.82) is 0 Å². The first-order valence-corrected chi connectivity index (χ1v) is 8.38.